The molecule has 0 heterocycles. The number of rotatable bonds is 28. The van der Waals surface area contributed by atoms with E-state index in [4.69, 9.17) is 36.7 Å². The summed E-state index contributed by atoms with van der Waals surface area (Å²) in [5.74, 6) is -1.72. The topological polar surface area (TPSA) is 142 Å². The lowest BCUT2D eigenvalue weighted by atomic mass is 10.3. The molecule has 0 aromatic carbocycles. The Morgan fingerprint density at radius 2 is 0.957 bits per heavy atom. The first-order chi connectivity index (χ1) is 21.9. The summed E-state index contributed by atoms with van der Waals surface area (Å²) >= 11 is 0. The Labute approximate surface area is 285 Å². The zero-order valence-electron chi connectivity index (χ0n) is 30.0. The van der Waals surface area contributed by atoms with Gasteiger partial charge in [-0.2, -0.15) is 0 Å². The van der Waals surface area contributed by atoms with Crippen LogP contribution < -0.4 is 0 Å². The molecule has 0 spiro atoms. The first-order valence-electron chi connectivity index (χ1n) is 16.4. The minimum atomic E-state index is -2.37. The van der Waals surface area contributed by atoms with Gasteiger partial charge >= 0.3 is 32.4 Å². The van der Waals surface area contributed by atoms with Crippen LogP contribution in [0.25, 0.3) is 0 Å². The van der Waals surface area contributed by atoms with Crippen LogP contribution in [0.2, 0.25) is 51.4 Å². The summed E-state index contributed by atoms with van der Waals surface area (Å²) in [5, 5.41) is 0. The standard InChI is InChI=1S/C32H60O12Si3/c1-11-29(33)39-21-13-17-31(35)41-27(3)25-37-19-15-23-45(5,6)43-47(9,10)44-46(7,8)24-16-20-38-26-28(4)42-32(36)18-14-22-40-30(34)12-2/h11-12,27-28H,1-2,13-26H2,3-10H3. The van der Waals surface area contributed by atoms with Gasteiger partial charge in [-0.05, 0) is 90.9 Å². The van der Waals surface area contributed by atoms with Crippen LogP contribution in [0.1, 0.15) is 52.4 Å². The first-order valence-corrected chi connectivity index (χ1v) is 25.5. The molecule has 0 aliphatic rings. The molecule has 2 atom stereocenters. The Morgan fingerprint density at radius 1 is 0.596 bits per heavy atom. The largest absolute Gasteiger partial charge is 0.463 e. The summed E-state index contributed by atoms with van der Waals surface area (Å²) in [6.07, 6.45) is 4.25. The van der Waals surface area contributed by atoms with Crippen molar-refractivity contribution in [2.45, 2.75) is 116 Å². The van der Waals surface area contributed by atoms with Crippen LogP contribution in [0.4, 0.5) is 0 Å². The third-order valence-corrected chi connectivity index (χ3v) is 17.9. The summed E-state index contributed by atoms with van der Waals surface area (Å²) in [5.41, 5.74) is 0. The van der Waals surface area contributed by atoms with Crippen LogP contribution in [0.5, 0.6) is 0 Å². The van der Waals surface area contributed by atoms with Gasteiger partial charge < -0.3 is 36.7 Å². The van der Waals surface area contributed by atoms with Gasteiger partial charge in [-0.1, -0.05) is 13.2 Å². The van der Waals surface area contributed by atoms with Crippen molar-refractivity contribution < 1.29 is 55.8 Å². The van der Waals surface area contributed by atoms with Gasteiger partial charge in [0.25, 0.3) is 0 Å². The maximum Gasteiger partial charge on any atom is 0.330 e. The molecule has 0 amide bonds. The predicted octanol–water partition coefficient (Wildman–Crippen LogP) is 5.83. The Bertz CT molecular complexity index is 897. The van der Waals surface area contributed by atoms with E-state index in [2.05, 4.69) is 52.4 Å². The molecule has 0 rings (SSSR count). The van der Waals surface area contributed by atoms with Crippen molar-refractivity contribution in [3.05, 3.63) is 25.3 Å². The third kappa shape index (κ3) is 26.5. The van der Waals surface area contributed by atoms with E-state index >= 15 is 0 Å². The number of hydrogen-bond acceptors (Lipinski definition) is 12. The molecule has 12 nitrogen and oxygen atoms in total. The minimum absolute atomic E-state index is 0.148. The molecule has 0 bridgehead atoms. The summed E-state index contributed by atoms with van der Waals surface area (Å²) in [6, 6.07) is 1.84. The second kappa shape index (κ2) is 24.1. The molecule has 0 fully saturated rings. The fourth-order valence-corrected chi connectivity index (χ4v) is 18.7. The quantitative estimate of drug-likeness (QED) is 0.0316. The molecule has 0 aliphatic heterocycles. The zero-order chi connectivity index (χ0) is 35.9. The van der Waals surface area contributed by atoms with Crippen LogP contribution >= 0.6 is 0 Å². The number of carbonyl (C=O) groups excluding carboxylic acids is 4. The lowest BCUT2D eigenvalue weighted by molar-refractivity contribution is -0.152. The van der Waals surface area contributed by atoms with Crippen LogP contribution in [0, 0.1) is 0 Å². The van der Waals surface area contributed by atoms with E-state index in [1.165, 1.54) is 0 Å². The van der Waals surface area contributed by atoms with Gasteiger partial charge in [0.2, 0.25) is 0 Å². The van der Waals surface area contributed by atoms with Crippen molar-refractivity contribution in [1.82, 2.24) is 0 Å². The van der Waals surface area contributed by atoms with E-state index in [-0.39, 0.29) is 50.2 Å². The van der Waals surface area contributed by atoms with Gasteiger partial charge in [-0.25, -0.2) is 9.59 Å². The normalized spacial score (nSPS) is 13.3. The lowest BCUT2D eigenvalue weighted by Crippen LogP contribution is -2.52. The van der Waals surface area contributed by atoms with E-state index in [1.54, 1.807) is 13.8 Å². The van der Waals surface area contributed by atoms with Gasteiger partial charge in [-0.3, -0.25) is 9.59 Å². The molecule has 0 aromatic heterocycles. The maximum atomic E-state index is 11.9. The van der Waals surface area contributed by atoms with Gasteiger partial charge in [-0.15, -0.1) is 0 Å². The van der Waals surface area contributed by atoms with Crippen molar-refractivity contribution in [3.63, 3.8) is 0 Å². The number of carbonyl (C=O) groups is 4. The molecular weight excluding hydrogens is 661 g/mol. The third-order valence-electron chi connectivity index (χ3n) is 6.42. The van der Waals surface area contributed by atoms with Crippen LogP contribution in [0.3, 0.4) is 0 Å². The molecule has 0 saturated heterocycles. The number of esters is 4. The molecule has 15 heteroatoms. The molecule has 0 saturated carbocycles. The highest BCUT2D eigenvalue weighted by molar-refractivity contribution is 6.87. The number of hydrogen-bond donors (Lipinski definition) is 0. The van der Waals surface area contributed by atoms with Crippen molar-refractivity contribution in [2.75, 3.05) is 39.6 Å². The van der Waals surface area contributed by atoms with Crippen LogP contribution in [-0.2, 0) is 55.8 Å². The van der Waals surface area contributed by atoms with E-state index in [9.17, 15) is 19.2 Å². The van der Waals surface area contributed by atoms with E-state index in [1.807, 2.05) is 0 Å². The van der Waals surface area contributed by atoms with Crippen LogP contribution in [-0.4, -0.2) is 101 Å². The average Bonchev–Trinajstić information content (AvgIpc) is 2.95. The summed E-state index contributed by atoms with van der Waals surface area (Å²) < 4.78 is 45.2. The first kappa shape index (κ1) is 44.9. The highest BCUT2D eigenvalue weighted by Crippen LogP contribution is 2.26. The van der Waals surface area contributed by atoms with E-state index in [0.29, 0.717) is 39.3 Å². The molecule has 272 valence electrons. The van der Waals surface area contributed by atoms with Crippen molar-refractivity contribution in [1.29, 1.82) is 0 Å². The van der Waals surface area contributed by atoms with Gasteiger partial charge in [0.15, 0.2) is 16.6 Å². The fraction of sp³-hybridized carbons (Fsp3) is 0.750. The predicted molar refractivity (Wildman–Crippen MR) is 187 cm³/mol. The van der Waals surface area contributed by atoms with Crippen LogP contribution in [0.15, 0.2) is 25.3 Å². The minimum Gasteiger partial charge on any atom is -0.463 e. The van der Waals surface area contributed by atoms with E-state index in [0.717, 1.165) is 37.1 Å². The highest BCUT2D eigenvalue weighted by atomic mass is 28.5. The van der Waals surface area contributed by atoms with E-state index < -0.39 is 37.1 Å². The SMILES string of the molecule is C=CC(=O)OCCCC(=O)OC(C)COCCC[Si](C)(C)O[Si](C)(C)O[Si](C)(C)CCCOCC(C)OC(=O)CCCOC(=O)C=C. The van der Waals surface area contributed by atoms with Crippen molar-refractivity contribution in [2.24, 2.45) is 0 Å². The molecule has 2 unspecified atom stereocenters. The lowest BCUT2D eigenvalue weighted by Gasteiger charge is -2.38. The summed E-state index contributed by atoms with van der Waals surface area (Å²) in [7, 11) is -6.37. The van der Waals surface area contributed by atoms with Gasteiger partial charge in [0.1, 0.15) is 12.2 Å². The van der Waals surface area contributed by atoms with Gasteiger partial charge in [0, 0.05) is 38.2 Å². The molecular formula is C32H60O12Si3. The Kier molecular flexibility index (Phi) is 23.0. The Morgan fingerprint density at radius 3 is 1.30 bits per heavy atom. The second-order valence-corrected chi connectivity index (χ2v) is 25.5. The van der Waals surface area contributed by atoms with Crippen molar-refractivity contribution in [3.8, 4) is 0 Å². The molecule has 0 aromatic rings. The summed E-state index contributed by atoms with van der Waals surface area (Å²) in [4.78, 5) is 45.9. The Hall–Kier alpha value is -2.15. The maximum absolute atomic E-state index is 11.9. The number of ether oxygens (including phenoxy) is 6. The molecule has 0 aliphatic carbocycles. The fourth-order valence-electron chi connectivity index (χ4n) is 4.68. The average molecular weight is 721 g/mol. The second-order valence-electron chi connectivity index (χ2n) is 13.0. The summed E-state index contributed by atoms with van der Waals surface area (Å²) in [6.45, 7) is 25.3. The Balaban J connectivity index is 4.20. The molecule has 0 N–H and O–H groups in total. The molecule has 47 heavy (non-hydrogen) atoms. The monoisotopic (exact) mass is 720 g/mol. The highest BCUT2D eigenvalue weighted by Gasteiger charge is 2.39. The van der Waals surface area contributed by atoms with Gasteiger partial charge in [0.05, 0.1) is 26.4 Å². The molecule has 0 radical (unpaired) electrons. The van der Waals surface area contributed by atoms with Crippen molar-refractivity contribution >= 4 is 49.1 Å². The smallest absolute Gasteiger partial charge is 0.330 e. The zero-order valence-corrected chi connectivity index (χ0v) is 33.0.